The van der Waals surface area contributed by atoms with E-state index < -0.39 is 17.6 Å². The standard InChI is InChI=1S/C17H16ClF3N2O/c1-23(10-12-5-3-2-4-6-12)11-16(24)22-15-8-7-13(18)9-14(15)17(19,20)21/h2-9H,10-11H2,1H3,(H,22,24). The van der Waals surface area contributed by atoms with Gasteiger partial charge in [-0.1, -0.05) is 41.9 Å². The second-order valence-corrected chi connectivity index (χ2v) is 5.83. The topological polar surface area (TPSA) is 32.3 Å². The predicted molar refractivity (Wildman–Crippen MR) is 87.9 cm³/mol. The number of amides is 1. The predicted octanol–water partition coefficient (Wildman–Crippen LogP) is 4.43. The molecule has 0 saturated carbocycles. The smallest absolute Gasteiger partial charge is 0.324 e. The Hall–Kier alpha value is -2.05. The summed E-state index contributed by atoms with van der Waals surface area (Å²) in [6.07, 6.45) is -4.59. The van der Waals surface area contributed by atoms with Gasteiger partial charge in [0.15, 0.2) is 0 Å². The number of hydrogen-bond donors (Lipinski definition) is 1. The molecule has 7 heteroatoms. The van der Waals surface area contributed by atoms with Crippen LogP contribution in [0.2, 0.25) is 5.02 Å². The van der Waals surface area contributed by atoms with Crippen LogP contribution in [0.25, 0.3) is 0 Å². The summed E-state index contributed by atoms with van der Waals surface area (Å²) in [6.45, 7) is 0.482. The first-order valence-electron chi connectivity index (χ1n) is 7.15. The molecule has 0 spiro atoms. The van der Waals surface area contributed by atoms with Crippen molar-refractivity contribution in [3.05, 3.63) is 64.7 Å². The molecule has 0 aliphatic rings. The van der Waals surface area contributed by atoms with Crippen molar-refractivity contribution in [1.29, 1.82) is 0 Å². The third-order valence-electron chi connectivity index (χ3n) is 3.27. The molecule has 0 aliphatic heterocycles. The number of carbonyl (C=O) groups is 1. The molecular formula is C17H16ClF3N2O. The molecule has 128 valence electrons. The number of alkyl halides is 3. The first kappa shape index (κ1) is 18.3. The van der Waals surface area contributed by atoms with Crippen molar-refractivity contribution in [3.63, 3.8) is 0 Å². The first-order chi connectivity index (χ1) is 11.3. The number of halogens is 4. The van der Waals surface area contributed by atoms with E-state index in [1.54, 1.807) is 11.9 Å². The lowest BCUT2D eigenvalue weighted by Gasteiger charge is -2.18. The lowest BCUT2D eigenvalue weighted by atomic mass is 10.1. The van der Waals surface area contributed by atoms with Crippen LogP contribution < -0.4 is 5.32 Å². The highest BCUT2D eigenvalue weighted by Crippen LogP contribution is 2.36. The molecule has 0 heterocycles. The van der Waals surface area contributed by atoms with Gasteiger partial charge in [-0.3, -0.25) is 9.69 Å². The van der Waals surface area contributed by atoms with Crippen LogP contribution in [0.15, 0.2) is 48.5 Å². The summed E-state index contributed by atoms with van der Waals surface area (Å²) in [6, 6.07) is 12.7. The second kappa shape index (κ2) is 7.68. The van der Waals surface area contributed by atoms with Crippen LogP contribution in [-0.4, -0.2) is 24.4 Å². The Kier molecular flexibility index (Phi) is 5.85. The highest BCUT2D eigenvalue weighted by Gasteiger charge is 2.34. The quantitative estimate of drug-likeness (QED) is 0.859. The van der Waals surface area contributed by atoms with E-state index in [1.807, 2.05) is 30.3 Å². The number of likely N-dealkylation sites (N-methyl/N-ethyl adjacent to an activating group) is 1. The van der Waals surface area contributed by atoms with E-state index in [1.165, 1.54) is 6.07 Å². The summed E-state index contributed by atoms with van der Waals surface area (Å²) < 4.78 is 39.0. The molecule has 0 fully saturated rings. The number of carbonyl (C=O) groups excluding carboxylic acids is 1. The molecule has 0 unspecified atom stereocenters. The van der Waals surface area contributed by atoms with E-state index in [4.69, 9.17) is 11.6 Å². The summed E-state index contributed by atoms with van der Waals surface area (Å²) >= 11 is 5.61. The van der Waals surface area contributed by atoms with Crippen molar-refractivity contribution in [1.82, 2.24) is 4.90 Å². The Morgan fingerprint density at radius 3 is 2.46 bits per heavy atom. The number of rotatable bonds is 5. The molecule has 2 aromatic rings. The van der Waals surface area contributed by atoms with E-state index in [2.05, 4.69) is 5.32 Å². The van der Waals surface area contributed by atoms with Crippen LogP contribution in [0.5, 0.6) is 0 Å². The van der Waals surface area contributed by atoms with Crippen LogP contribution in [0, 0.1) is 0 Å². The van der Waals surface area contributed by atoms with Gasteiger partial charge in [-0.25, -0.2) is 0 Å². The van der Waals surface area contributed by atoms with Gasteiger partial charge in [0, 0.05) is 11.6 Å². The average Bonchev–Trinajstić information content (AvgIpc) is 2.48. The maximum absolute atomic E-state index is 13.0. The highest BCUT2D eigenvalue weighted by atomic mass is 35.5. The SMILES string of the molecule is CN(CC(=O)Nc1ccc(Cl)cc1C(F)(F)F)Cc1ccccc1. The van der Waals surface area contributed by atoms with Gasteiger partial charge in [0.1, 0.15) is 0 Å². The number of benzene rings is 2. The van der Waals surface area contributed by atoms with Crippen LogP contribution >= 0.6 is 11.6 Å². The van der Waals surface area contributed by atoms with Gasteiger partial charge < -0.3 is 5.32 Å². The fourth-order valence-electron chi connectivity index (χ4n) is 2.25. The van der Waals surface area contributed by atoms with E-state index in [9.17, 15) is 18.0 Å². The van der Waals surface area contributed by atoms with Crippen molar-refractivity contribution in [2.24, 2.45) is 0 Å². The second-order valence-electron chi connectivity index (χ2n) is 5.39. The third kappa shape index (κ3) is 5.25. The zero-order valence-electron chi connectivity index (χ0n) is 12.9. The monoisotopic (exact) mass is 356 g/mol. The summed E-state index contributed by atoms with van der Waals surface area (Å²) in [5.74, 6) is -0.527. The Balaban J connectivity index is 2.02. The van der Waals surface area contributed by atoms with Gasteiger partial charge in [-0.05, 0) is 30.8 Å². The molecule has 0 radical (unpaired) electrons. The highest BCUT2D eigenvalue weighted by molar-refractivity contribution is 6.30. The van der Waals surface area contributed by atoms with Crippen molar-refractivity contribution in [3.8, 4) is 0 Å². The zero-order chi connectivity index (χ0) is 17.7. The molecule has 0 saturated heterocycles. The molecule has 3 nitrogen and oxygen atoms in total. The normalized spacial score (nSPS) is 11.6. The molecule has 1 N–H and O–H groups in total. The van der Waals surface area contributed by atoms with Crippen molar-refractivity contribution < 1.29 is 18.0 Å². The van der Waals surface area contributed by atoms with E-state index >= 15 is 0 Å². The van der Waals surface area contributed by atoms with Gasteiger partial charge in [0.2, 0.25) is 5.91 Å². The summed E-state index contributed by atoms with van der Waals surface area (Å²) in [4.78, 5) is 13.7. The fourth-order valence-corrected chi connectivity index (χ4v) is 2.42. The summed E-state index contributed by atoms with van der Waals surface area (Å²) in [7, 11) is 1.72. The number of nitrogens with zero attached hydrogens (tertiary/aromatic N) is 1. The number of nitrogens with one attached hydrogen (secondary N) is 1. The summed E-state index contributed by atoms with van der Waals surface area (Å²) in [5.41, 5.74) is -0.255. The minimum Gasteiger partial charge on any atom is -0.324 e. The van der Waals surface area contributed by atoms with Gasteiger partial charge in [-0.2, -0.15) is 13.2 Å². The van der Waals surface area contributed by atoms with Crippen LogP contribution in [0.1, 0.15) is 11.1 Å². The first-order valence-corrected chi connectivity index (χ1v) is 7.52. The molecule has 0 aliphatic carbocycles. The van der Waals surface area contributed by atoms with E-state index in [-0.39, 0.29) is 17.3 Å². The Labute approximate surface area is 143 Å². The Morgan fingerprint density at radius 1 is 1.17 bits per heavy atom. The van der Waals surface area contributed by atoms with Gasteiger partial charge in [0.05, 0.1) is 17.8 Å². The molecule has 2 rings (SSSR count). The molecule has 0 atom stereocenters. The molecule has 1 amide bonds. The van der Waals surface area contributed by atoms with Crippen molar-refractivity contribution >= 4 is 23.2 Å². The summed E-state index contributed by atoms with van der Waals surface area (Å²) in [5, 5.41) is 2.26. The third-order valence-corrected chi connectivity index (χ3v) is 3.51. The fraction of sp³-hybridized carbons (Fsp3) is 0.235. The number of hydrogen-bond acceptors (Lipinski definition) is 2. The maximum atomic E-state index is 13.0. The minimum atomic E-state index is -4.59. The molecular weight excluding hydrogens is 341 g/mol. The zero-order valence-corrected chi connectivity index (χ0v) is 13.7. The average molecular weight is 357 g/mol. The lowest BCUT2D eigenvalue weighted by Crippen LogP contribution is -2.30. The van der Waals surface area contributed by atoms with Crippen LogP contribution in [0.4, 0.5) is 18.9 Å². The Bertz CT molecular complexity index is 705. The van der Waals surface area contributed by atoms with Gasteiger partial charge >= 0.3 is 6.18 Å². The maximum Gasteiger partial charge on any atom is 0.418 e. The molecule has 0 aromatic heterocycles. The lowest BCUT2D eigenvalue weighted by molar-refractivity contribution is -0.137. The van der Waals surface area contributed by atoms with E-state index in [0.29, 0.717) is 6.54 Å². The van der Waals surface area contributed by atoms with E-state index in [0.717, 1.165) is 17.7 Å². The molecule has 2 aromatic carbocycles. The molecule has 24 heavy (non-hydrogen) atoms. The van der Waals surface area contributed by atoms with Crippen molar-refractivity contribution in [2.75, 3.05) is 18.9 Å². The molecule has 0 bridgehead atoms. The number of anilines is 1. The minimum absolute atomic E-state index is 0.0329. The largest absolute Gasteiger partial charge is 0.418 e. The van der Waals surface area contributed by atoms with Gasteiger partial charge in [-0.15, -0.1) is 0 Å². The van der Waals surface area contributed by atoms with Crippen LogP contribution in [-0.2, 0) is 17.5 Å². The van der Waals surface area contributed by atoms with Crippen LogP contribution in [0.3, 0.4) is 0 Å². The van der Waals surface area contributed by atoms with Gasteiger partial charge in [0.25, 0.3) is 0 Å². The Morgan fingerprint density at radius 2 is 1.83 bits per heavy atom. The van der Waals surface area contributed by atoms with Crippen molar-refractivity contribution in [2.45, 2.75) is 12.7 Å².